The van der Waals surface area contributed by atoms with Gasteiger partial charge < -0.3 is 9.88 Å². The highest BCUT2D eigenvalue weighted by Gasteiger charge is 2.52. The number of anilines is 1. The number of amides is 1. The van der Waals surface area contributed by atoms with Crippen LogP contribution in [0.15, 0.2) is 17.1 Å². The van der Waals surface area contributed by atoms with Gasteiger partial charge in [0.1, 0.15) is 5.25 Å². The van der Waals surface area contributed by atoms with E-state index in [0.29, 0.717) is 25.0 Å². The molecule has 3 rings (SSSR count). The summed E-state index contributed by atoms with van der Waals surface area (Å²) in [4.78, 5) is 27.0. The van der Waals surface area contributed by atoms with Crippen LogP contribution < -0.4 is 16.2 Å². The molecule has 1 aromatic heterocycles. The normalized spacial score (nSPS) is 27.7. The van der Waals surface area contributed by atoms with Crippen molar-refractivity contribution in [3.05, 3.63) is 28.2 Å². The summed E-state index contributed by atoms with van der Waals surface area (Å²) < 4.78 is 65.6. The lowest BCUT2D eigenvalue weighted by Gasteiger charge is -2.18. The van der Waals surface area contributed by atoms with Crippen molar-refractivity contribution in [1.82, 2.24) is 14.8 Å². The maximum Gasteiger partial charge on any atom is 0.402 e. The molecule has 2 saturated heterocycles. The highest BCUT2D eigenvalue weighted by atomic mass is 35.5. The van der Waals surface area contributed by atoms with Crippen molar-refractivity contribution in [2.75, 3.05) is 25.6 Å². The lowest BCUT2D eigenvalue weighted by atomic mass is 10.1. The number of rotatable bonds is 5. The van der Waals surface area contributed by atoms with Gasteiger partial charge in [-0.1, -0.05) is 0 Å². The molecule has 0 radical (unpaired) electrons. The Balaban J connectivity index is 1.83. The van der Waals surface area contributed by atoms with Crippen LogP contribution in [0.25, 0.3) is 0 Å². The van der Waals surface area contributed by atoms with Crippen molar-refractivity contribution in [2.45, 2.75) is 47.5 Å². The zero-order valence-corrected chi connectivity index (χ0v) is 17.3. The first-order chi connectivity index (χ1) is 14.0. The second-order valence-electron chi connectivity index (χ2n) is 7.31. The van der Waals surface area contributed by atoms with Gasteiger partial charge in [0, 0.05) is 25.0 Å². The summed E-state index contributed by atoms with van der Waals surface area (Å²) in [5.74, 6) is -0.720. The molecule has 30 heavy (non-hydrogen) atoms. The quantitative estimate of drug-likeness (QED) is 0.507. The Morgan fingerprint density at radius 1 is 1.43 bits per heavy atom. The van der Waals surface area contributed by atoms with Gasteiger partial charge in [0.15, 0.2) is 0 Å². The van der Waals surface area contributed by atoms with Crippen molar-refractivity contribution in [3.63, 3.8) is 0 Å². The fourth-order valence-corrected chi connectivity index (χ4v) is 5.39. The number of thioether (sulfide) groups is 1. The van der Waals surface area contributed by atoms with Gasteiger partial charge in [-0.2, -0.15) is 13.2 Å². The molecule has 13 heteroatoms. The zero-order valence-electron chi connectivity index (χ0n) is 15.8. The second-order valence-corrected chi connectivity index (χ2v) is 9.22. The van der Waals surface area contributed by atoms with Gasteiger partial charge in [0.05, 0.1) is 28.9 Å². The van der Waals surface area contributed by atoms with Gasteiger partial charge in [-0.3, -0.25) is 19.8 Å². The van der Waals surface area contributed by atoms with E-state index in [2.05, 4.69) is 10.6 Å². The van der Waals surface area contributed by atoms with Crippen LogP contribution in [-0.4, -0.2) is 64.1 Å². The number of halogens is 6. The van der Waals surface area contributed by atoms with Gasteiger partial charge in [-0.15, -0.1) is 23.4 Å². The number of hydrogen-bond donors (Lipinski definition) is 2. The van der Waals surface area contributed by atoms with Crippen molar-refractivity contribution < 1.29 is 26.7 Å². The lowest BCUT2D eigenvalue weighted by molar-refractivity contribution is -0.128. The molecule has 0 spiro atoms. The van der Waals surface area contributed by atoms with Crippen LogP contribution in [0.1, 0.15) is 18.0 Å². The van der Waals surface area contributed by atoms with E-state index in [0.717, 1.165) is 10.8 Å². The lowest BCUT2D eigenvalue weighted by Crippen LogP contribution is -2.32. The van der Waals surface area contributed by atoms with Gasteiger partial charge in [-0.25, -0.2) is 8.78 Å². The van der Waals surface area contributed by atoms with Crippen LogP contribution in [0.5, 0.6) is 0 Å². The van der Waals surface area contributed by atoms with Gasteiger partial charge in [0.2, 0.25) is 5.91 Å². The maximum atomic E-state index is 13.0. The summed E-state index contributed by atoms with van der Waals surface area (Å²) in [6.45, 7) is 0.0847. The Kier molecular flexibility index (Phi) is 7.00. The number of nitrogens with one attached hydrogen (secondary N) is 2. The van der Waals surface area contributed by atoms with E-state index in [4.69, 9.17) is 11.6 Å². The number of pyridine rings is 1. The standard InChI is InChI=1S/C17H20ClF5N4O2S/c1-26-5-11(24-7-26)9-2-8(4-27(16(9)29)6-13(19)20)25-15(28)12-3-10(18)14(30-12)17(21,22)23/h2,4,10-14,24H,3,5-7H2,1H3,(H,25,28). The Morgan fingerprint density at radius 2 is 2.13 bits per heavy atom. The molecule has 0 aliphatic carbocycles. The average molecular weight is 475 g/mol. The van der Waals surface area contributed by atoms with Crippen LogP contribution >= 0.6 is 23.4 Å². The third-order valence-electron chi connectivity index (χ3n) is 4.89. The summed E-state index contributed by atoms with van der Waals surface area (Å²) >= 11 is 6.19. The molecule has 2 aliphatic rings. The van der Waals surface area contributed by atoms with Gasteiger partial charge >= 0.3 is 6.18 Å². The Labute approximate surface area is 178 Å². The molecule has 1 amide bonds. The maximum absolute atomic E-state index is 13.0. The summed E-state index contributed by atoms with van der Waals surface area (Å²) in [6.07, 6.45) is -6.44. The Hall–Kier alpha value is -1.37. The first-order valence-corrected chi connectivity index (χ1v) is 10.4. The predicted octanol–water partition coefficient (Wildman–Crippen LogP) is 2.63. The van der Waals surface area contributed by atoms with Crippen molar-refractivity contribution in [3.8, 4) is 0 Å². The average Bonchev–Trinajstić information content (AvgIpc) is 3.22. The molecular weight excluding hydrogens is 455 g/mol. The minimum Gasteiger partial charge on any atom is -0.324 e. The minimum absolute atomic E-state index is 0.0637. The second kappa shape index (κ2) is 9.01. The van der Waals surface area contributed by atoms with Crippen molar-refractivity contribution in [1.29, 1.82) is 0 Å². The number of carbonyl (C=O) groups is 1. The number of carbonyl (C=O) groups excluding carboxylic acids is 1. The number of hydrogen-bond acceptors (Lipinski definition) is 5. The number of likely N-dealkylation sites (N-methyl/N-ethyl adjacent to an activating group) is 1. The molecule has 3 heterocycles. The van der Waals surface area contributed by atoms with Crippen LogP contribution in [0, 0.1) is 0 Å². The van der Waals surface area contributed by atoms with E-state index >= 15 is 0 Å². The molecule has 2 fully saturated rings. The summed E-state index contributed by atoms with van der Waals surface area (Å²) in [6, 6.07) is 0.948. The van der Waals surface area contributed by atoms with Gasteiger partial charge in [0.25, 0.3) is 12.0 Å². The predicted molar refractivity (Wildman–Crippen MR) is 104 cm³/mol. The van der Waals surface area contributed by atoms with E-state index in [1.54, 1.807) is 0 Å². The molecule has 6 nitrogen and oxygen atoms in total. The van der Waals surface area contributed by atoms with E-state index < -0.39 is 52.5 Å². The smallest absolute Gasteiger partial charge is 0.324 e. The zero-order chi connectivity index (χ0) is 22.2. The Bertz CT molecular complexity index is 852. The molecule has 0 bridgehead atoms. The summed E-state index contributed by atoms with van der Waals surface area (Å²) in [5, 5.41) is 1.38. The SMILES string of the molecule is CN1CNC(c2cc(NC(=O)C3CC(Cl)C(C(F)(F)F)S3)cn(CC(F)F)c2=O)C1. The highest BCUT2D eigenvalue weighted by Crippen LogP contribution is 2.45. The van der Waals surface area contributed by atoms with Crippen molar-refractivity contribution >= 4 is 35.0 Å². The molecule has 2 N–H and O–H groups in total. The molecule has 1 aromatic rings. The molecule has 0 aromatic carbocycles. The largest absolute Gasteiger partial charge is 0.402 e. The van der Waals surface area contributed by atoms with Crippen LogP contribution in [0.4, 0.5) is 27.6 Å². The van der Waals surface area contributed by atoms with Gasteiger partial charge in [-0.05, 0) is 19.5 Å². The van der Waals surface area contributed by atoms with E-state index in [1.165, 1.54) is 6.07 Å². The summed E-state index contributed by atoms with van der Waals surface area (Å²) in [7, 11) is 1.81. The fraction of sp³-hybridized carbons (Fsp3) is 0.647. The highest BCUT2D eigenvalue weighted by molar-refractivity contribution is 8.01. The first-order valence-electron chi connectivity index (χ1n) is 9.07. The third kappa shape index (κ3) is 5.27. The number of nitrogens with zero attached hydrogens (tertiary/aromatic N) is 2. The third-order valence-corrected chi connectivity index (χ3v) is 7.09. The van der Waals surface area contributed by atoms with Crippen molar-refractivity contribution in [2.24, 2.45) is 0 Å². The molecule has 168 valence electrons. The van der Waals surface area contributed by atoms with Crippen LogP contribution in [0.3, 0.4) is 0 Å². The topological polar surface area (TPSA) is 66.4 Å². The summed E-state index contributed by atoms with van der Waals surface area (Å²) in [5.41, 5.74) is -0.358. The van der Waals surface area contributed by atoms with Crippen LogP contribution in [0.2, 0.25) is 0 Å². The van der Waals surface area contributed by atoms with E-state index in [1.807, 2.05) is 11.9 Å². The van der Waals surface area contributed by atoms with E-state index in [-0.39, 0.29) is 17.7 Å². The molecule has 2 aliphatic heterocycles. The number of alkyl halides is 6. The van der Waals surface area contributed by atoms with Crippen LogP contribution in [-0.2, 0) is 11.3 Å². The molecule has 4 atom stereocenters. The monoisotopic (exact) mass is 474 g/mol. The van der Waals surface area contributed by atoms with E-state index in [9.17, 15) is 31.5 Å². The molecule has 0 saturated carbocycles. The minimum atomic E-state index is -4.54. The molecule has 4 unspecified atom stereocenters. The first kappa shape index (κ1) is 23.3. The Morgan fingerprint density at radius 3 is 2.67 bits per heavy atom. The number of aromatic nitrogens is 1. The fourth-order valence-electron chi connectivity index (χ4n) is 3.50. The molecular formula is C17H20ClF5N4O2S.